The molecule has 0 aliphatic heterocycles. The molecule has 0 aromatic heterocycles. The molecule has 0 saturated heterocycles. The molecule has 1 aliphatic rings. The summed E-state index contributed by atoms with van der Waals surface area (Å²) in [5.41, 5.74) is 0. The summed E-state index contributed by atoms with van der Waals surface area (Å²) in [5, 5.41) is 11.0. The smallest absolute Gasteiger partial charge is 0.329 e. The van der Waals surface area contributed by atoms with Crippen molar-refractivity contribution in [2.45, 2.75) is 31.7 Å². The van der Waals surface area contributed by atoms with Gasteiger partial charge in [0.1, 0.15) is 6.04 Å². The molecule has 1 rings (SSSR count). The molecule has 0 radical (unpaired) electrons. The second-order valence-corrected chi connectivity index (χ2v) is 3.30. The van der Waals surface area contributed by atoms with Crippen molar-refractivity contribution in [2.75, 3.05) is 7.11 Å². The van der Waals surface area contributed by atoms with Crippen molar-refractivity contribution < 1.29 is 9.53 Å². The molecule has 0 amide bonds. The van der Waals surface area contributed by atoms with Crippen LogP contribution in [0.15, 0.2) is 0 Å². The standard InChI is InChI=1S/C9H14N2O2/c1-13-9(12)8(11-6-10)7-4-2-3-5-7/h7-8,11H,2-5H2,1H3. The summed E-state index contributed by atoms with van der Waals surface area (Å²) in [6.07, 6.45) is 6.11. The van der Waals surface area contributed by atoms with Crippen LogP contribution in [0, 0.1) is 17.4 Å². The number of ether oxygens (including phenoxy) is 1. The molecule has 0 heterocycles. The average molecular weight is 182 g/mol. The third kappa shape index (κ3) is 2.35. The van der Waals surface area contributed by atoms with Crippen molar-refractivity contribution in [2.24, 2.45) is 5.92 Å². The largest absolute Gasteiger partial charge is 0.467 e. The van der Waals surface area contributed by atoms with E-state index in [1.165, 1.54) is 7.11 Å². The molecule has 1 N–H and O–H groups in total. The average Bonchev–Trinajstić information content (AvgIpc) is 2.65. The number of methoxy groups -OCH3 is 1. The Hall–Kier alpha value is -1.24. The Morgan fingerprint density at radius 1 is 1.62 bits per heavy atom. The number of nitrogens with one attached hydrogen (secondary N) is 1. The molecule has 0 aromatic rings. The Labute approximate surface area is 77.9 Å². The van der Waals surface area contributed by atoms with Crippen LogP contribution in [0.25, 0.3) is 0 Å². The van der Waals surface area contributed by atoms with Gasteiger partial charge in [0.25, 0.3) is 0 Å². The number of nitriles is 1. The first-order valence-corrected chi connectivity index (χ1v) is 4.52. The minimum Gasteiger partial charge on any atom is -0.467 e. The lowest BCUT2D eigenvalue weighted by atomic mass is 9.98. The second kappa shape index (κ2) is 4.70. The zero-order valence-corrected chi connectivity index (χ0v) is 7.75. The zero-order chi connectivity index (χ0) is 9.68. The summed E-state index contributed by atoms with van der Waals surface area (Å²) in [7, 11) is 1.35. The first-order chi connectivity index (χ1) is 6.29. The monoisotopic (exact) mass is 182 g/mol. The predicted molar refractivity (Wildman–Crippen MR) is 46.5 cm³/mol. The van der Waals surface area contributed by atoms with E-state index in [4.69, 9.17) is 5.26 Å². The van der Waals surface area contributed by atoms with E-state index in [1.807, 2.05) is 6.19 Å². The van der Waals surface area contributed by atoms with Gasteiger partial charge in [-0.25, -0.2) is 4.79 Å². The first kappa shape index (κ1) is 9.85. The van der Waals surface area contributed by atoms with Gasteiger partial charge in [0, 0.05) is 0 Å². The quantitative estimate of drug-likeness (QED) is 0.398. The summed E-state index contributed by atoms with van der Waals surface area (Å²) in [6.45, 7) is 0. The SMILES string of the molecule is COC(=O)C(NC#N)C1CCCC1. The maximum Gasteiger partial charge on any atom is 0.329 e. The van der Waals surface area contributed by atoms with E-state index in [0.717, 1.165) is 25.7 Å². The number of esters is 1. The molecule has 72 valence electrons. The third-order valence-electron chi connectivity index (χ3n) is 2.55. The summed E-state index contributed by atoms with van der Waals surface area (Å²) in [5.74, 6) is -0.0550. The van der Waals surface area contributed by atoms with E-state index >= 15 is 0 Å². The molecule has 1 saturated carbocycles. The number of rotatable bonds is 3. The normalized spacial score (nSPS) is 19.1. The van der Waals surface area contributed by atoms with Gasteiger partial charge < -0.3 is 10.1 Å². The number of hydrogen-bond acceptors (Lipinski definition) is 4. The van der Waals surface area contributed by atoms with E-state index < -0.39 is 6.04 Å². The highest BCUT2D eigenvalue weighted by atomic mass is 16.5. The Bertz CT molecular complexity index is 216. The highest BCUT2D eigenvalue weighted by Crippen LogP contribution is 2.28. The van der Waals surface area contributed by atoms with Crippen molar-refractivity contribution in [3.63, 3.8) is 0 Å². The lowest BCUT2D eigenvalue weighted by molar-refractivity contribution is -0.144. The van der Waals surface area contributed by atoms with Gasteiger partial charge in [-0.2, -0.15) is 5.26 Å². The van der Waals surface area contributed by atoms with E-state index in [-0.39, 0.29) is 11.9 Å². The van der Waals surface area contributed by atoms with Crippen LogP contribution in [0.1, 0.15) is 25.7 Å². The highest BCUT2D eigenvalue weighted by Gasteiger charge is 2.30. The van der Waals surface area contributed by atoms with Crippen molar-refractivity contribution in [3.05, 3.63) is 0 Å². The van der Waals surface area contributed by atoms with Gasteiger partial charge in [0.2, 0.25) is 0 Å². The highest BCUT2D eigenvalue weighted by molar-refractivity contribution is 5.76. The van der Waals surface area contributed by atoms with E-state index in [9.17, 15) is 4.79 Å². The summed E-state index contributed by atoms with van der Waals surface area (Å²) in [6, 6.07) is -0.433. The molecule has 1 aliphatic carbocycles. The molecule has 1 fully saturated rings. The van der Waals surface area contributed by atoms with Crippen molar-refractivity contribution in [1.82, 2.24) is 5.32 Å². The van der Waals surface area contributed by atoms with Gasteiger partial charge in [0.15, 0.2) is 6.19 Å². The van der Waals surface area contributed by atoms with Gasteiger partial charge in [-0.1, -0.05) is 12.8 Å². The van der Waals surface area contributed by atoms with Crippen LogP contribution >= 0.6 is 0 Å². The van der Waals surface area contributed by atoms with E-state index in [2.05, 4.69) is 10.1 Å². The van der Waals surface area contributed by atoms with Crippen LogP contribution in [-0.4, -0.2) is 19.1 Å². The number of nitrogens with zero attached hydrogens (tertiary/aromatic N) is 1. The molecule has 0 aromatic carbocycles. The summed E-state index contributed by atoms with van der Waals surface area (Å²) in [4.78, 5) is 11.3. The molecule has 1 atom stereocenters. The lowest BCUT2D eigenvalue weighted by Gasteiger charge is -2.18. The third-order valence-corrected chi connectivity index (χ3v) is 2.55. The predicted octanol–water partition coefficient (Wildman–Crippen LogP) is 0.789. The van der Waals surface area contributed by atoms with Crippen LogP contribution in [-0.2, 0) is 9.53 Å². The minimum atomic E-state index is -0.433. The van der Waals surface area contributed by atoms with Crippen LogP contribution < -0.4 is 5.32 Å². The Balaban J connectivity index is 2.55. The van der Waals surface area contributed by atoms with Gasteiger partial charge in [-0.05, 0) is 18.8 Å². The fourth-order valence-electron chi connectivity index (χ4n) is 1.86. The fourth-order valence-corrected chi connectivity index (χ4v) is 1.86. The van der Waals surface area contributed by atoms with Gasteiger partial charge >= 0.3 is 5.97 Å². The van der Waals surface area contributed by atoms with Crippen molar-refractivity contribution in [1.29, 1.82) is 5.26 Å². The maximum absolute atomic E-state index is 11.3. The van der Waals surface area contributed by atoms with Crippen LogP contribution in [0.4, 0.5) is 0 Å². The molecule has 0 bridgehead atoms. The maximum atomic E-state index is 11.3. The van der Waals surface area contributed by atoms with Gasteiger partial charge in [-0.3, -0.25) is 0 Å². The topological polar surface area (TPSA) is 62.1 Å². The lowest BCUT2D eigenvalue weighted by Crippen LogP contribution is -2.40. The van der Waals surface area contributed by atoms with Crippen molar-refractivity contribution >= 4 is 5.97 Å². The molecule has 4 heteroatoms. The number of carbonyl (C=O) groups excluding carboxylic acids is 1. The zero-order valence-electron chi connectivity index (χ0n) is 7.75. The number of hydrogen-bond donors (Lipinski definition) is 1. The summed E-state index contributed by atoms with van der Waals surface area (Å²) >= 11 is 0. The molecular formula is C9H14N2O2. The number of carbonyl (C=O) groups is 1. The summed E-state index contributed by atoms with van der Waals surface area (Å²) < 4.78 is 4.62. The van der Waals surface area contributed by atoms with Crippen LogP contribution in [0.2, 0.25) is 0 Å². The fraction of sp³-hybridized carbons (Fsp3) is 0.778. The minimum absolute atomic E-state index is 0.270. The van der Waals surface area contributed by atoms with E-state index in [0.29, 0.717) is 0 Å². The van der Waals surface area contributed by atoms with E-state index in [1.54, 1.807) is 0 Å². The molecule has 13 heavy (non-hydrogen) atoms. The van der Waals surface area contributed by atoms with Crippen LogP contribution in [0.5, 0.6) is 0 Å². The van der Waals surface area contributed by atoms with Gasteiger partial charge in [0.05, 0.1) is 7.11 Å². The Morgan fingerprint density at radius 2 is 2.23 bits per heavy atom. The molecule has 4 nitrogen and oxygen atoms in total. The molecular weight excluding hydrogens is 168 g/mol. The van der Waals surface area contributed by atoms with Gasteiger partial charge in [-0.15, -0.1) is 0 Å². The molecule has 1 unspecified atom stereocenters. The van der Waals surface area contributed by atoms with Crippen LogP contribution in [0.3, 0.4) is 0 Å². The van der Waals surface area contributed by atoms with Crippen molar-refractivity contribution in [3.8, 4) is 6.19 Å². The molecule has 0 spiro atoms. The Kier molecular flexibility index (Phi) is 3.56. The second-order valence-electron chi connectivity index (χ2n) is 3.30. The Morgan fingerprint density at radius 3 is 2.69 bits per heavy atom. The first-order valence-electron chi connectivity index (χ1n) is 4.52.